The third kappa shape index (κ3) is 3.77. The Morgan fingerprint density at radius 1 is 1.24 bits per heavy atom. The molecule has 0 bridgehead atoms. The zero-order chi connectivity index (χ0) is 16.0. The van der Waals surface area contributed by atoms with Gasteiger partial charge in [-0.3, -0.25) is 9.59 Å². The minimum Gasteiger partial charge on any atom is -0.465 e. The number of hydrogen-bond donors (Lipinski definition) is 0. The summed E-state index contributed by atoms with van der Waals surface area (Å²) in [6, 6.07) is 0. The van der Waals surface area contributed by atoms with Gasteiger partial charge < -0.3 is 14.2 Å². The van der Waals surface area contributed by atoms with Crippen LogP contribution in [-0.4, -0.2) is 38.4 Å². The van der Waals surface area contributed by atoms with Gasteiger partial charge in [0.15, 0.2) is 5.41 Å². The SMILES string of the molecule is C=C(Cl)[C@@H]1CC(C(=O)OCC)(C(=O)OCC)CC[C@H]1OC. The van der Waals surface area contributed by atoms with Crippen LogP contribution >= 0.6 is 11.6 Å². The van der Waals surface area contributed by atoms with E-state index in [1.54, 1.807) is 21.0 Å². The Labute approximate surface area is 130 Å². The van der Waals surface area contributed by atoms with E-state index in [9.17, 15) is 9.59 Å². The van der Waals surface area contributed by atoms with E-state index in [0.29, 0.717) is 17.9 Å². The topological polar surface area (TPSA) is 61.8 Å². The van der Waals surface area contributed by atoms with Crippen LogP contribution in [0.5, 0.6) is 0 Å². The molecule has 0 aromatic heterocycles. The largest absolute Gasteiger partial charge is 0.465 e. The Morgan fingerprint density at radius 2 is 1.76 bits per heavy atom. The lowest BCUT2D eigenvalue weighted by Crippen LogP contribution is -2.49. The van der Waals surface area contributed by atoms with Crippen molar-refractivity contribution in [3.63, 3.8) is 0 Å². The number of halogens is 1. The molecule has 1 fully saturated rings. The Morgan fingerprint density at radius 3 is 2.14 bits per heavy atom. The zero-order valence-electron chi connectivity index (χ0n) is 12.8. The summed E-state index contributed by atoms with van der Waals surface area (Å²) in [6.45, 7) is 7.56. The molecule has 1 saturated carbocycles. The van der Waals surface area contributed by atoms with Gasteiger partial charge in [-0.05, 0) is 33.1 Å². The van der Waals surface area contributed by atoms with Crippen LogP contribution in [0, 0.1) is 11.3 Å². The molecule has 0 unspecified atom stereocenters. The van der Waals surface area contributed by atoms with E-state index in [1.165, 1.54) is 0 Å². The lowest BCUT2D eigenvalue weighted by atomic mass is 9.68. The highest BCUT2D eigenvalue weighted by Gasteiger charge is 2.54. The van der Waals surface area contributed by atoms with Crippen molar-refractivity contribution in [2.75, 3.05) is 20.3 Å². The maximum atomic E-state index is 12.4. The number of hydrogen-bond acceptors (Lipinski definition) is 5. The van der Waals surface area contributed by atoms with Crippen LogP contribution in [0.2, 0.25) is 0 Å². The summed E-state index contributed by atoms with van der Waals surface area (Å²) in [5.41, 5.74) is -1.32. The summed E-state index contributed by atoms with van der Waals surface area (Å²) in [4.78, 5) is 24.7. The number of carbonyl (C=O) groups excluding carboxylic acids is 2. The van der Waals surface area contributed by atoms with Crippen LogP contribution in [-0.2, 0) is 23.8 Å². The van der Waals surface area contributed by atoms with Crippen LogP contribution in [0.4, 0.5) is 0 Å². The van der Waals surface area contributed by atoms with Gasteiger partial charge in [0.1, 0.15) is 0 Å². The molecular formula is C15H23ClO5. The van der Waals surface area contributed by atoms with Crippen molar-refractivity contribution in [3.8, 4) is 0 Å². The van der Waals surface area contributed by atoms with Crippen molar-refractivity contribution in [2.45, 2.75) is 39.2 Å². The summed E-state index contributed by atoms with van der Waals surface area (Å²) in [7, 11) is 1.58. The molecule has 21 heavy (non-hydrogen) atoms. The van der Waals surface area contributed by atoms with Crippen molar-refractivity contribution in [1.29, 1.82) is 0 Å². The highest BCUT2D eigenvalue weighted by molar-refractivity contribution is 6.29. The second kappa shape index (κ2) is 7.80. The number of esters is 2. The van der Waals surface area contributed by atoms with E-state index < -0.39 is 17.4 Å². The Kier molecular flexibility index (Phi) is 6.68. The molecule has 0 radical (unpaired) electrons. The van der Waals surface area contributed by atoms with Gasteiger partial charge in [-0.2, -0.15) is 0 Å². The molecule has 0 saturated heterocycles. The molecule has 2 atom stereocenters. The quantitative estimate of drug-likeness (QED) is 0.556. The van der Waals surface area contributed by atoms with Gasteiger partial charge in [-0.15, -0.1) is 0 Å². The molecule has 0 amide bonds. The number of carbonyl (C=O) groups is 2. The molecular weight excluding hydrogens is 296 g/mol. The summed E-state index contributed by atoms with van der Waals surface area (Å²) in [6.07, 6.45) is 0.881. The van der Waals surface area contributed by atoms with Crippen LogP contribution in [0.3, 0.4) is 0 Å². The first kappa shape index (κ1) is 18.0. The van der Waals surface area contributed by atoms with Crippen LogP contribution in [0.1, 0.15) is 33.1 Å². The first-order valence-electron chi connectivity index (χ1n) is 7.14. The predicted octanol–water partition coefficient (Wildman–Crippen LogP) is 2.67. The Hall–Kier alpha value is -1.07. The lowest BCUT2D eigenvalue weighted by molar-refractivity contribution is -0.178. The summed E-state index contributed by atoms with van der Waals surface area (Å²) < 4.78 is 15.6. The maximum Gasteiger partial charge on any atom is 0.323 e. The van der Waals surface area contributed by atoms with Gasteiger partial charge in [0, 0.05) is 18.1 Å². The second-order valence-corrected chi connectivity index (χ2v) is 5.58. The summed E-state index contributed by atoms with van der Waals surface area (Å²) in [5, 5.41) is 0.375. The second-order valence-electron chi connectivity index (χ2n) is 5.09. The molecule has 5 nitrogen and oxygen atoms in total. The monoisotopic (exact) mass is 318 g/mol. The zero-order valence-corrected chi connectivity index (χ0v) is 13.6. The first-order valence-corrected chi connectivity index (χ1v) is 7.52. The highest BCUT2D eigenvalue weighted by atomic mass is 35.5. The van der Waals surface area contributed by atoms with E-state index in [0.717, 1.165) is 0 Å². The van der Waals surface area contributed by atoms with E-state index in [2.05, 4.69) is 6.58 Å². The fraction of sp³-hybridized carbons (Fsp3) is 0.733. The third-order valence-electron chi connectivity index (χ3n) is 3.91. The van der Waals surface area contributed by atoms with Crippen molar-refractivity contribution in [2.24, 2.45) is 11.3 Å². The van der Waals surface area contributed by atoms with Gasteiger partial charge in [-0.25, -0.2) is 0 Å². The van der Waals surface area contributed by atoms with Gasteiger partial charge in [0.05, 0.1) is 19.3 Å². The molecule has 0 aromatic rings. The molecule has 1 aliphatic carbocycles. The van der Waals surface area contributed by atoms with E-state index in [-0.39, 0.29) is 31.7 Å². The smallest absolute Gasteiger partial charge is 0.323 e. The highest BCUT2D eigenvalue weighted by Crippen LogP contribution is 2.45. The molecule has 0 aromatic carbocycles. The van der Waals surface area contributed by atoms with E-state index >= 15 is 0 Å². The molecule has 120 valence electrons. The standard InChI is InChI=1S/C15H23ClO5/c1-5-20-13(17)15(14(18)21-6-2)8-7-12(19-4)11(9-15)10(3)16/h11-12H,3,5-9H2,1-2,4H3/t11-,12+/m0/s1. The summed E-state index contributed by atoms with van der Waals surface area (Å²) >= 11 is 6.04. The molecule has 0 spiro atoms. The minimum atomic E-state index is -1.32. The number of rotatable bonds is 6. The third-order valence-corrected chi connectivity index (χ3v) is 4.19. The van der Waals surface area contributed by atoms with Crippen molar-refractivity contribution >= 4 is 23.5 Å². The van der Waals surface area contributed by atoms with Crippen LogP contribution < -0.4 is 0 Å². The molecule has 0 N–H and O–H groups in total. The van der Waals surface area contributed by atoms with Crippen molar-refractivity contribution < 1.29 is 23.8 Å². The predicted molar refractivity (Wildman–Crippen MR) is 78.8 cm³/mol. The lowest BCUT2D eigenvalue weighted by Gasteiger charge is -2.40. The molecule has 1 aliphatic rings. The van der Waals surface area contributed by atoms with Gasteiger partial charge in [0.25, 0.3) is 0 Å². The molecule has 1 rings (SSSR count). The fourth-order valence-corrected chi connectivity index (χ4v) is 3.00. The average Bonchev–Trinajstić information content (AvgIpc) is 2.46. The Balaban J connectivity index is 3.10. The number of methoxy groups -OCH3 is 1. The van der Waals surface area contributed by atoms with Crippen LogP contribution in [0.25, 0.3) is 0 Å². The molecule has 6 heteroatoms. The van der Waals surface area contributed by atoms with Gasteiger partial charge in [-0.1, -0.05) is 18.2 Å². The molecule has 0 heterocycles. The van der Waals surface area contributed by atoms with E-state index in [1.807, 2.05) is 0 Å². The first-order chi connectivity index (χ1) is 9.92. The van der Waals surface area contributed by atoms with Gasteiger partial charge >= 0.3 is 11.9 Å². The summed E-state index contributed by atoms with van der Waals surface area (Å²) in [5.74, 6) is -1.40. The average molecular weight is 319 g/mol. The normalized spacial score (nSPS) is 24.2. The van der Waals surface area contributed by atoms with Crippen molar-refractivity contribution in [3.05, 3.63) is 11.6 Å². The van der Waals surface area contributed by atoms with Crippen LogP contribution in [0.15, 0.2) is 11.6 Å². The number of ether oxygens (including phenoxy) is 3. The maximum absolute atomic E-state index is 12.4. The van der Waals surface area contributed by atoms with E-state index in [4.69, 9.17) is 25.8 Å². The van der Waals surface area contributed by atoms with Crippen molar-refractivity contribution in [1.82, 2.24) is 0 Å². The Bertz CT molecular complexity index is 389. The fourth-order valence-electron chi connectivity index (χ4n) is 2.79. The molecule has 0 aliphatic heterocycles. The minimum absolute atomic E-state index is 0.160. The van der Waals surface area contributed by atoms with Gasteiger partial charge in [0.2, 0.25) is 0 Å².